The molecule has 0 bridgehead atoms. The lowest BCUT2D eigenvalue weighted by Gasteiger charge is -2.18. The molecule has 0 heterocycles. The van der Waals surface area contributed by atoms with Crippen LogP contribution in [0.15, 0.2) is 42.5 Å². The zero-order valence-corrected chi connectivity index (χ0v) is 15.1. The third kappa shape index (κ3) is 4.67. The fourth-order valence-electron chi connectivity index (χ4n) is 3.21. The van der Waals surface area contributed by atoms with Crippen molar-refractivity contribution in [3.8, 4) is 0 Å². The van der Waals surface area contributed by atoms with Crippen LogP contribution in [0.1, 0.15) is 49.9 Å². The first-order chi connectivity index (χ1) is 11.4. The summed E-state index contributed by atoms with van der Waals surface area (Å²) in [5.74, 6) is 1.12. The van der Waals surface area contributed by atoms with Crippen LogP contribution in [0.5, 0.6) is 0 Å². The quantitative estimate of drug-likeness (QED) is 0.492. The van der Waals surface area contributed by atoms with Crippen LogP contribution < -0.4 is 0 Å². The normalized spacial score (nSPS) is 11.2. The van der Waals surface area contributed by atoms with E-state index in [1.54, 1.807) is 12.1 Å². The van der Waals surface area contributed by atoms with Crippen LogP contribution in [-0.2, 0) is 19.3 Å². The predicted octanol–water partition coefficient (Wildman–Crippen LogP) is 5.58. The molecule has 0 aliphatic rings. The highest BCUT2D eigenvalue weighted by Gasteiger charge is 2.17. The molecule has 2 aromatic carbocycles. The smallest absolute Gasteiger partial charge is 0.258 e. The third-order valence-electron chi connectivity index (χ3n) is 4.18. The van der Waals surface area contributed by atoms with Crippen LogP contribution in [0.4, 0.5) is 5.69 Å². The molecule has 2 rings (SSSR count). The number of nitro groups is 1. The van der Waals surface area contributed by atoms with Gasteiger partial charge in [0.25, 0.3) is 5.69 Å². The number of benzene rings is 2. The van der Waals surface area contributed by atoms with Gasteiger partial charge in [-0.05, 0) is 41.4 Å². The largest absolute Gasteiger partial charge is 0.272 e. The topological polar surface area (TPSA) is 43.1 Å². The van der Waals surface area contributed by atoms with Crippen LogP contribution in [0.3, 0.4) is 0 Å². The number of hydrogen-bond acceptors (Lipinski definition) is 2. The summed E-state index contributed by atoms with van der Waals surface area (Å²) in [6, 6.07) is 13.6. The SMILES string of the molecule is CC(C)Cc1cccc(CC(C)C)c1Cc1ccccc1[N+](=O)[O-]. The van der Waals surface area contributed by atoms with E-state index < -0.39 is 0 Å². The summed E-state index contributed by atoms with van der Waals surface area (Å²) >= 11 is 0. The van der Waals surface area contributed by atoms with Crippen LogP contribution in [0, 0.1) is 22.0 Å². The maximum absolute atomic E-state index is 11.3. The molecule has 0 spiro atoms. The van der Waals surface area contributed by atoms with Gasteiger partial charge in [0.2, 0.25) is 0 Å². The highest BCUT2D eigenvalue weighted by Crippen LogP contribution is 2.27. The first-order valence-corrected chi connectivity index (χ1v) is 8.70. The van der Waals surface area contributed by atoms with Crippen LogP contribution in [-0.4, -0.2) is 4.92 Å². The van der Waals surface area contributed by atoms with Crippen molar-refractivity contribution in [2.75, 3.05) is 0 Å². The number of nitrogens with zero attached hydrogens (tertiary/aromatic N) is 1. The van der Waals surface area contributed by atoms with E-state index in [9.17, 15) is 10.1 Å². The fraction of sp³-hybridized carbons (Fsp3) is 0.429. The van der Waals surface area contributed by atoms with Gasteiger partial charge in [-0.15, -0.1) is 0 Å². The molecular formula is C21H27NO2. The van der Waals surface area contributed by atoms with Crippen molar-refractivity contribution in [2.24, 2.45) is 11.8 Å². The summed E-state index contributed by atoms with van der Waals surface area (Å²) in [6.45, 7) is 8.85. The lowest BCUT2D eigenvalue weighted by Crippen LogP contribution is -2.07. The van der Waals surface area contributed by atoms with Crippen LogP contribution >= 0.6 is 0 Å². The lowest BCUT2D eigenvalue weighted by atomic mass is 9.87. The Morgan fingerprint density at radius 1 is 0.833 bits per heavy atom. The summed E-state index contributed by atoms with van der Waals surface area (Å²) in [4.78, 5) is 11.1. The van der Waals surface area contributed by atoms with E-state index in [0.29, 0.717) is 18.3 Å². The van der Waals surface area contributed by atoms with Crippen molar-refractivity contribution in [1.29, 1.82) is 0 Å². The van der Waals surface area contributed by atoms with Gasteiger partial charge in [-0.1, -0.05) is 64.1 Å². The Bertz CT molecular complexity index is 676. The summed E-state index contributed by atoms with van der Waals surface area (Å²) in [6.07, 6.45) is 2.63. The second-order valence-electron chi connectivity index (χ2n) is 7.31. The zero-order valence-electron chi connectivity index (χ0n) is 15.1. The van der Waals surface area contributed by atoms with Gasteiger partial charge in [0.1, 0.15) is 0 Å². The predicted molar refractivity (Wildman–Crippen MR) is 99.4 cm³/mol. The fourth-order valence-corrected chi connectivity index (χ4v) is 3.21. The second-order valence-corrected chi connectivity index (χ2v) is 7.31. The van der Waals surface area contributed by atoms with E-state index in [1.807, 2.05) is 12.1 Å². The summed E-state index contributed by atoms with van der Waals surface area (Å²) in [7, 11) is 0. The van der Waals surface area contributed by atoms with E-state index in [0.717, 1.165) is 18.4 Å². The van der Waals surface area contributed by atoms with E-state index in [1.165, 1.54) is 16.7 Å². The van der Waals surface area contributed by atoms with E-state index in [-0.39, 0.29) is 10.6 Å². The second kappa shape index (κ2) is 8.09. The van der Waals surface area contributed by atoms with Gasteiger partial charge in [0.15, 0.2) is 0 Å². The molecule has 3 heteroatoms. The molecule has 0 amide bonds. The molecule has 0 atom stereocenters. The Kier molecular flexibility index (Phi) is 6.13. The summed E-state index contributed by atoms with van der Waals surface area (Å²) < 4.78 is 0. The van der Waals surface area contributed by atoms with Crippen molar-refractivity contribution in [3.05, 3.63) is 74.8 Å². The Morgan fingerprint density at radius 2 is 1.33 bits per heavy atom. The molecule has 3 nitrogen and oxygen atoms in total. The summed E-state index contributed by atoms with van der Waals surface area (Å²) in [5.41, 5.74) is 4.92. The Labute approximate surface area is 144 Å². The number of rotatable bonds is 7. The molecule has 0 N–H and O–H groups in total. The van der Waals surface area contributed by atoms with Gasteiger partial charge in [-0.25, -0.2) is 0 Å². The third-order valence-corrected chi connectivity index (χ3v) is 4.18. The van der Waals surface area contributed by atoms with E-state index >= 15 is 0 Å². The molecule has 2 aromatic rings. The van der Waals surface area contributed by atoms with Crippen molar-refractivity contribution in [2.45, 2.75) is 47.0 Å². The lowest BCUT2D eigenvalue weighted by molar-refractivity contribution is -0.385. The first-order valence-electron chi connectivity index (χ1n) is 8.70. The summed E-state index contributed by atoms with van der Waals surface area (Å²) in [5, 5.41) is 11.3. The molecule has 128 valence electrons. The molecule has 0 aromatic heterocycles. The standard InChI is InChI=1S/C21H27NO2/c1-15(2)12-17-9-7-10-18(13-16(3)4)20(17)14-19-8-5-6-11-21(19)22(23)24/h5-11,15-16H,12-14H2,1-4H3. The minimum Gasteiger partial charge on any atom is -0.258 e. The molecule has 0 fully saturated rings. The minimum atomic E-state index is -0.275. The number of nitro benzene ring substituents is 1. The van der Waals surface area contributed by atoms with Crippen molar-refractivity contribution < 1.29 is 4.92 Å². The van der Waals surface area contributed by atoms with Crippen molar-refractivity contribution in [1.82, 2.24) is 0 Å². The minimum absolute atomic E-state index is 0.215. The molecule has 0 unspecified atom stereocenters. The Hall–Kier alpha value is -2.16. The maximum atomic E-state index is 11.3. The van der Waals surface area contributed by atoms with Crippen molar-refractivity contribution in [3.63, 3.8) is 0 Å². The van der Waals surface area contributed by atoms with Gasteiger partial charge in [-0.2, -0.15) is 0 Å². The number of hydrogen-bond donors (Lipinski definition) is 0. The van der Waals surface area contributed by atoms with Gasteiger partial charge in [0, 0.05) is 18.1 Å². The van der Waals surface area contributed by atoms with Crippen LogP contribution in [0.2, 0.25) is 0 Å². The first kappa shape index (κ1) is 18.2. The molecule has 24 heavy (non-hydrogen) atoms. The maximum Gasteiger partial charge on any atom is 0.272 e. The monoisotopic (exact) mass is 325 g/mol. The average molecular weight is 325 g/mol. The molecule has 0 aliphatic heterocycles. The highest BCUT2D eigenvalue weighted by molar-refractivity contribution is 5.46. The Morgan fingerprint density at radius 3 is 1.83 bits per heavy atom. The van der Waals surface area contributed by atoms with Crippen LogP contribution in [0.25, 0.3) is 0 Å². The van der Waals surface area contributed by atoms with E-state index in [2.05, 4.69) is 45.9 Å². The van der Waals surface area contributed by atoms with Gasteiger partial charge in [-0.3, -0.25) is 10.1 Å². The van der Waals surface area contributed by atoms with Gasteiger partial charge >= 0.3 is 0 Å². The molecular weight excluding hydrogens is 298 g/mol. The number of para-hydroxylation sites is 1. The Balaban J connectivity index is 2.48. The molecule has 0 saturated heterocycles. The average Bonchev–Trinajstić information content (AvgIpc) is 2.49. The van der Waals surface area contributed by atoms with Crippen molar-refractivity contribution >= 4 is 5.69 Å². The molecule has 0 aliphatic carbocycles. The van der Waals surface area contributed by atoms with Gasteiger partial charge < -0.3 is 0 Å². The molecule has 0 radical (unpaired) electrons. The van der Waals surface area contributed by atoms with E-state index in [4.69, 9.17) is 0 Å². The zero-order chi connectivity index (χ0) is 17.7. The van der Waals surface area contributed by atoms with Gasteiger partial charge in [0.05, 0.1) is 4.92 Å². The molecule has 0 saturated carbocycles. The highest BCUT2D eigenvalue weighted by atomic mass is 16.6.